The topological polar surface area (TPSA) is 175 Å². The molecule has 1 amide bonds. The maximum absolute atomic E-state index is 13.0. The highest BCUT2D eigenvalue weighted by atomic mass is 16.7. The molecular formula is C67H117NO10. The summed E-state index contributed by atoms with van der Waals surface area (Å²) < 4.78 is 16.6. The van der Waals surface area contributed by atoms with Gasteiger partial charge >= 0.3 is 5.97 Å². The molecule has 450 valence electrons. The Bertz CT molecular complexity index is 1570. The smallest absolute Gasteiger partial charge is 0.305 e. The van der Waals surface area contributed by atoms with Gasteiger partial charge < -0.3 is 45.1 Å². The molecule has 0 aromatic rings. The van der Waals surface area contributed by atoms with Crippen LogP contribution in [0.4, 0.5) is 0 Å². The maximum atomic E-state index is 13.0. The Labute approximate surface area is 476 Å². The van der Waals surface area contributed by atoms with Gasteiger partial charge in [0.25, 0.3) is 0 Å². The normalized spacial score (nSPS) is 19.1. The van der Waals surface area contributed by atoms with Crippen LogP contribution in [0.5, 0.6) is 0 Å². The van der Waals surface area contributed by atoms with Gasteiger partial charge in [-0.1, -0.05) is 234 Å². The van der Waals surface area contributed by atoms with E-state index in [9.17, 15) is 35.1 Å². The summed E-state index contributed by atoms with van der Waals surface area (Å²) in [6, 6.07) is -0.840. The molecule has 78 heavy (non-hydrogen) atoms. The van der Waals surface area contributed by atoms with Crippen molar-refractivity contribution in [2.75, 3.05) is 19.8 Å². The lowest BCUT2D eigenvalue weighted by Gasteiger charge is -2.40. The fraction of sp³-hybridized carbons (Fsp3) is 0.761. The van der Waals surface area contributed by atoms with E-state index in [4.69, 9.17) is 14.2 Å². The minimum Gasteiger partial charge on any atom is -0.465 e. The first-order valence-electron chi connectivity index (χ1n) is 31.9. The number of ether oxygens (including phenoxy) is 3. The first kappa shape index (κ1) is 72.9. The van der Waals surface area contributed by atoms with Gasteiger partial charge in [-0.25, -0.2) is 0 Å². The van der Waals surface area contributed by atoms with Crippen molar-refractivity contribution >= 4 is 11.9 Å². The molecule has 7 atom stereocenters. The summed E-state index contributed by atoms with van der Waals surface area (Å²) >= 11 is 0. The number of carbonyl (C=O) groups excluding carboxylic acids is 2. The zero-order valence-electron chi connectivity index (χ0n) is 49.6. The van der Waals surface area contributed by atoms with Gasteiger partial charge in [-0.15, -0.1) is 0 Å². The average molecular weight is 1100 g/mol. The quantitative estimate of drug-likeness (QED) is 0.0195. The minimum atomic E-state index is -1.58. The maximum Gasteiger partial charge on any atom is 0.305 e. The van der Waals surface area contributed by atoms with E-state index in [-0.39, 0.29) is 18.5 Å². The fourth-order valence-corrected chi connectivity index (χ4v) is 9.46. The summed E-state index contributed by atoms with van der Waals surface area (Å²) in [6.45, 7) is 4.05. The van der Waals surface area contributed by atoms with Gasteiger partial charge in [0.05, 0.1) is 32.0 Å². The van der Waals surface area contributed by atoms with Crippen LogP contribution >= 0.6 is 0 Å². The van der Waals surface area contributed by atoms with Gasteiger partial charge in [-0.05, 0) is 103 Å². The molecule has 0 aromatic heterocycles. The predicted octanol–water partition coefficient (Wildman–Crippen LogP) is 15.3. The van der Waals surface area contributed by atoms with Crippen molar-refractivity contribution in [2.45, 2.75) is 307 Å². The fourth-order valence-electron chi connectivity index (χ4n) is 9.46. The number of rotatable bonds is 54. The average Bonchev–Trinajstić information content (AvgIpc) is 3.45. The molecule has 11 nitrogen and oxygen atoms in total. The van der Waals surface area contributed by atoms with Crippen molar-refractivity contribution in [3.05, 3.63) is 85.1 Å². The molecule has 1 aliphatic rings. The number of aliphatic hydroxyl groups is 5. The van der Waals surface area contributed by atoms with Gasteiger partial charge in [0.2, 0.25) is 5.91 Å². The molecule has 1 aliphatic heterocycles. The minimum absolute atomic E-state index is 0.0542. The molecule has 1 heterocycles. The Morgan fingerprint density at radius 2 is 0.910 bits per heavy atom. The molecule has 0 bridgehead atoms. The van der Waals surface area contributed by atoms with E-state index in [1.165, 1.54) is 141 Å². The number of allylic oxidation sites excluding steroid dienone is 12. The van der Waals surface area contributed by atoms with E-state index in [0.717, 1.165) is 96.3 Å². The number of esters is 1. The molecule has 11 heteroatoms. The van der Waals surface area contributed by atoms with Gasteiger partial charge in [0, 0.05) is 12.8 Å². The van der Waals surface area contributed by atoms with Gasteiger partial charge in [-0.3, -0.25) is 9.59 Å². The van der Waals surface area contributed by atoms with Crippen LogP contribution in [0.25, 0.3) is 0 Å². The molecule has 1 rings (SSSR count). The van der Waals surface area contributed by atoms with Crippen LogP contribution in [0.3, 0.4) is 0 Å². The summed E-state index contributed by atoms with van der Waals surface area (Å²) in [7, 11) is 0. The summed E-state index contributed by atoms with van der Waals surface area (Å²) in [5.74, 6) is -0.259. The van der Waals surface area contributed by atoms with E-state index in [2.05, 4.69) is 92.1 Å². The highest BCUT2D eigenvalue weighted by Crippen LogP contribution is 2.23. The van der Waals surface area contributed by atoms with E-state index >= 15 is 0 Å². The number of nitrogens with one attached hydrogen (secondary N) is 1. The van der Waals surface area contributed by atoms with Crippen LogP contribution in [-0.4, -0.2) is 100 Å². The number of hydrogen-bond donors (Lipinski definition) is 6. The number of amides is 1. The lowest BCUT2D eigenvalue weighted by Crippen LogP contribution is -2.60. The third kappa shape index (κ3) is 44.6. The molecule has 6 N–H and O–H groups in total. The molecule has 1 fully saturated rings. The number of unbranched alkanes of at least 4 members (excludes halogenated alkanes) is 28. The monoisotopic (exact) mass is 1100 g/mol. The van der Waals surface area contributed by atoms with E-state index in [1.54, 1.807) is 6.08 Å². The van der Waals surface area contributed by atoms with Crippen LogP contribution in [0.15, 0.2) is 85.1 Å². The van der Waals surface area contributed by atoms with Gasteiger partial charge in [0.15, 0.2) is 6.29 Å². The molecule has 0 radical (unpaired) electrons. The summed E-state index contributed by atoms with van der Waals surface area (Å²) in [5, 5.41) is 54.2. The lowest BCUT2D eigenvalue weighted by atomic mass is 9.99. The van der Waals surface area contributed by atoms with Crippen molar-refractivity contribution in [1.29, 1.82) is 0 Å². The molecular weight excluding hydrogens is 979 g/mol. The zero-order chi connectivity index (χ0) is 56.6. The van der Waals surface area contributed by atoms with Gasteiger partial charge in [0.1, 0.15) is 24.4 Å². The van der Waals surface area contributed by atoms with E-state index < -0.39 is 49.5 Å². The molecule has 0 aromatic carbocycles. The van der Waals surface area contributed by atoms with Crippen LogP contribution in [0.2, 0.25) is 0 Å². The first-order chi connectivity index (χ1) is 38.2. The number of carbonyl (C=O) groups is 2. The van der Waals surface area contributed by atoms with Crippen molar-refractivity contribution in [3.8, 4) is 0 Å². The highest BCUT2D eigenvalue weighted by Gasteiger charge is 2.44. The van der Waals surface area contributed by atoms with Crippen LogP contribution in [0, 0.1) is 0 Å². The Kier molecular flexibility index (Phi) is 52.1. The summed E-state index contributed by atoms with van der Waals surface area (Å²) in [6.07, 6.45) is 65.8. The van der Waals surface area contributed by atoms with Crippen LogP contribution in [-0.2, 0) is 23.8 Å². The second-order valence-electron chi connectivity index (χ2n) is 21.7. The van der Waals surface area contributed by atoms with Crippen molar-refractivity contribution in [2.24, 2.45) is 0 Å². The first-order valence-corrected chi connectivity index (χ1v) is 31.9. The lowest BCUT2D eigenvalue weighted by molar-refractivity contribution is -0.302. The van der Waals surface area contributed by atoms with Crippen molar-refractivity contribution in [3.63, 3.8) is 0 Å². The van der Waals surface area contributed by atoms with Crippen molar-refractivity contribution in [1.82, 2.24) is 5.32 Å². The third-order valence-electron chi connectivity index (χ3n) is 14.5. The SMILES string of the molecule is CC/C=C/CC/C=C/CC/C=C/C(O)C(COC1OC(CO)C(O)C(O)C1O)NC(=O)CCCCCCCCCCCCCCCC/C=C\C/C=C\CCOC(=O)CCCCCCCCCCC/C=C\C/C=C\CCCCC. The molecule has 0 spiro atoms. The van der Waals surface area contributed by atoms with Crippen LogP contribution in [0.1, 0.15) is 264 Å². The summed E-state index contributed by atoms with van der Waals surface area (Å²) in [5.41, 5.74) is 0. The molecule has 0 aliphatic carbocycles. The Balaban J connectivity index is 2.01. The van der Waals surface area contributed by atoms with Gasteiger partial charge in [-0.2, -0.15) is 0 Å². The number of hydrogen-bond acceptors (Lipinski definition) is 10. The molecule has 1 saturated heterocycles. The largest absolute Gasteiger partial charge is 0.465 e. The van der Waals surface area contributed by atoms with E-state index in [1.807, 2.05) is 6.08 Å². The Hall–Kier alpha value is -3.16. The Morgan fingerprint density at radius 1 is 0.487 bits per heavy atom. The molecule has 7 unspecified atom stereocenters. The Morgan fingerprint density at radius 3 is 1.40 bits per heavy atom. The predicted molar refractivity (Wildman–Crippen MR) is 324 cm³/mol. The van der Waals surface area contributed by atoms with Crippen LogP contribution < -0.4 is 5.32 Å². The second-order valence-corrected chi connectivity index (χ2v) is 21.7. The molecule has 0 saturated carbocycles. The standard InChI is InChI=1S/C67H117NO10/c1-3-5-7-9-11-13-15-16-17-18-22-26-29-32-35-39-43-47-51-55-63(72)76-56-52-48-44-40-36-33-30-27-24-21-19-20-23-25-28-31-34-38-42-46-50-54-62(71)68-59(58-77-67-66(75)65(74)64(73)61(57-69)78-67)60(70)53-49-45-41-37-14-12-10-8-6-4-2/h6,8,11,13-14,16-17,33,36-37,44,48-49,53,59-61,64-67,69-70,73-75H,3-5,7,9-10,12,15,18-32,34-35,38-43,45-47,50-52,54-58H2,1-2H3,(H,68,71)/b8-6+,13-11-,17-16-,36-33-,37-14+,48-44-,53-49+. The third-order valence-corrected chi connectivity index (χ3v) is 14.5. The number of aliphatic hydroxyl groups excluding tert-OH is 5. The summed E-state index contributed by atoms with van der Waals surface area (Å²) in [4.78, 5) is 25.1. The second kappa shape index (κ2) is 55.7. The highest BCUT2D eigenvalue weighted by molar-refractivity contribution is 5.76. The zero-order valence-corrected chi connectivity index (χ0v) is 49.6. The van der Waals surface area contributed by atoms with E-state index in [0.29, 0.717) is 19.4 Å². The van der Waals surface area contributed by atoms with Crippen molar-refractivity contribution < 1.29 is 49.3 Å².